The number of piperidine rings is 1. The molecule has 0 unspecified atom stereocenters. The number of nitrogens with zero attached hydrogens (tertiary/aromatic N) is 4. The summed E-state index contributed by atoms with van der Waals surface area (Å²) in [7, 11) is 0. The van der Waals surface area contributed by atoms with Gasteiger partial charge in [0.2, 0.25) is 5.88 Å². The Morgan fingerprint density at radius 1 is 0.907 bits per heavy atom. The summed E-state index contributed by atoms with van der Waals surface area (Å²) in [5.41, 5.74) is 2.46. The molecule has 43 heavy (non-hydrogen) atoms. The molecule has 0 atom stereocenters. The van der Waals surface area contributed by atoms with E-state index in [9.17, 15) is 31.4 Å². The van der Waals surface area contributed by atoms with Crippen molar-refractivity contribution < 1.29 is 56.0 Å². The molecule has 236 valence electrons. The number of alkyl halides is 6. The number of aromatic hydroxyl groups is 1. The molecule has 0 bridgehead atoms. The van der Waals surface area contributed by atoms with Crippen molar-refractivity contribution in [3.8, 4) is 34.1 Å². The minimum atomic E-state index is -5.08. The SMILES string of the molecule is CC1(C)CC(Oc2ccc(-c3ncc(-c4cn[nH]c4)cc3O)nn2)CC(C)(C)N1.O=C(O)C(F)(F)F.O=C(O)C(F)(F)F. The molecule has 4 heterocycles. The Morgan fingerprint density at radius 2 is 1.44 bits per heavy atom. The lowest BCUT2D eigenvalue weighted by atomic mass is 9.81. The minimum absolute atomic E-state index is 0.00771. The molecule has 1 aliphatic heterocycles. The molecule has 12 nitrogen and oxygen atoms in total. The highest BCUT2D eigenvalue weighted by molar-refractivity contribution is 5.73. The van der Waals surface area contributed by atoms with Crippen LogP contribution in [-0.4, -0.2) is 82.2 Å². The van der Waals surface area contributed by atoms with E-state index in [0.717, 1.165) is 24.0 Å². The molecule has 4 rings (SSSR count). The third kappa shape index (κ3) is 11.0. The maximum Gasteiger partial charge on any atom is 0.490 e. The van der Waals surface area contributed by atoms with Gasteiger partial charge in [0, 0.05) is 53.5 Å². The molecule has 18 heteroatoms. The summed E-state index contributed by atoms with van der Waals surface area (Å²) in [5, 5.41) is 43.3. The van der Waals surface area contributed by atoms with Crippen molar-refractivity contribution in [3.05, 3.63) is 36.8 Å². The number of nitrogens with one attached hydrogen (secondary N) is 2. The van der Waals surface area contributed by atoms with Crippen molar-refractivity contribution in [2.24, 2.45) is 0 Å². The van der Waals surface area contributed by atoms with Gasteiger partial charge in [-0.05, 0) is 39.8 Å². The van der Waals surface area contributed by atoms with E-state index in [1.807, 2.05) is 0 Å². The lowest BCUT2D eigenvalue weighted by Crippen LogP contribution is -2.60. The fourth-order valence-corrected chi connectivity index (χ4v) is 4.21. The minimum Gasteiger partial charge on any atom is -0.506 e. The molecule has 0 aromatic carbocycles. The molecular formula is C25H28F6N6O6. The number of hydrogen-bond donors (Lipinski definition) is 5. The molecule has 3 aromatic rings. The van der Waals surface area contributed by atoms with Crippen LogP contribution >= 0.6 is 0 Å². The van der Waals surface area contributed by atoms with Crippen LogP contribution in [0.1, 0.15) is 40.5 Å². The van der Waals surface area contributed by atoms with Gasteiger partial charge in [-0.25, -0.2) is 14.6 Å². The summed E-state index contributed by atoms with van der Waals surface area (Å²) >= 11 is 0. The van der Waals surface area contributed by atoms with E-state index in [0.29, 0.717) is 17.3 Å². The van der Waals surface area contributed by atoms with Crippen LogP contribution in [0.4, 0.5) is 26.3 Å². The van der Waals surface area contributed by atoms with Crippen LogP contribution in [0.5, 0.6) is 11.6 Å². The van der Waals surface area contributed by atoms with Crippen molar-refractivity contribution in [1.29, 1.82) is 0 Å². The Bertz CT molecular complexity index is 1340. The Morgan fingerprint density at radius 3 is 1.84 bits per heavy atom. The van der Waals surface area contributed by atoms with E-state index in [-0.39, 0.29) is 22.9 Å². The Kier molecular flexibility index (Phi) is 10.7. The summed E-state index contributed by atoms with van der Waals surface area (Å²) in [5.74, 6) is -5.00. The van der Waals surface area contributed by atoms with Gasteiger partial charge >= 0.3 is 24.3 Å². The van der Waals surface area contributed by atoms with Gasteiger partial charge in [-0.2, -0.15) is 31.4 Å². The van der Waals surface area contributed by atoms with Crippen LogP contribution in [0.15, 0.2) is 36.8 Å². The number of hydrogen-bond acceptors (Lipinski definition) is 9. The van der Waals surface area contributed by atoms with Gasteiger partial charge < -0.3 is 25.4 Å². The van der Waals surface area contributed by atoms with Crippen molar-refractivity contribution in [2.45, 2.75) is 70.1 Å². The van der Waals surface area contributed by atoms with Crippen molar-refractivity contribution in [1.82, 2.24) is 30.7 Å². The van der Waals surface area contributed by atoms with Crippen LogP contribution in [0, 0.1) is 0 Å². The monoisotopic (exact) mass is 622 g/mol. The van der Waals surface area contributed by atoms with Gasteiger partial charge in [-0.15, -0.1) is 10.2 Å². The van der Waals surface area contributed by atoms with Crippen molar-refractivity contribution in [2.75, 3.05) is 0 Å². The second kappa shape index (κ2) is 13.2. The summed E-state index contributed by atoms with van der Waals surface area (Å²) < 4.78 is 69.6. The number of carboxylic acids is 2. The first-order chi connectivity index (χ1) is 19.6. The zero-order valence-corrected chi connectivity index (χ0v) is 23.1. The van der Waals surface area contributed by atoms with E-state index in [1.54, 1.807) is 36.8 Å². The highest BCUT2D eigenvalue weighted by Gasteiger charge is 2.40. The zero-order chi connectivity index (χ0) is 32.8. The van der Waals surface area contributed by atoms with Crippen LogP contribution in [0.3, 0.4) is 0 Å². The van der Waals surface area contributed by atoms with Crippen LogP contribution in [0.2, 0.25) is 0 Å². The van der Waals surface area contributed by atoms with E-state index in [2.05, 4.69) is 58.4 Å². The Labute approximate surface area is 240 Å². The number of aliphatic carboxylic acids is 2. The molecule has 0 spiro atoms. The molecule has 0 amide bonds. The highest BCUT2D eigenvalue weighted by Crippen LogP contribution is 2.32. The quantitative estimate of drug-likeness (QED) is 0.257. The smallest absolute Gasteiger partial charge is 0.490 e. The third-order valence-electron chi connectivity index (χ3n) is 5.51. The van der Waals surface area contributed by atoms with Gasteiger partial charge in [0.15, 0.2) is 0 Å². The Balaban J connectivity index is 0.000000384. The van der Waals surface area contributed by atoms with E-state index in [4.69, 9.17) is 24.5 Å². The number of H-pyrrole nitrogens is 1. The fraction of sp³-hybridized carbons (Fsp3) is 0.440. The fourth-order valence-electron chi connectivity index (χ4n) is 4.21. The number of rotatable bonds is 4. The topological polar surface area (TPSA) is 183 Å². The van der Waals surface area contributed by atoms with Crippen molar-refractivity contribution >= 4 is 11.9 Å². The molecular weight excluding hydrogens is 594 g/mol. The molecule has 5 N–H and O–H groups in total. The maximum absolute atomic E-state index is 10.6. The average molecular weight is 623 g/mol. The van der Waals surface area contributed by atoms with E-state index >= 15 is 0 Å². The number of halogens is 6. The van der Waals surface area contributed by atoms with Gasteiger partial charge in [0.1, 0.15) is 23.2 Å². The number of carboxylic acid groups (broad SMARTS) is 2. The van der Waals surface area contributed by atoms with Gasteiger partial charge in [0.25, 0.3) is 0 Å². The molecule has 1 fully saturated rings. The van der Waals surface area contributed by atoms with E-state index < -0.39 is 24.3 Å². The molecule has 0 radical (unpaired) electrons. The van der Waals surface area contributed by atoms with Gasteiger partial charge in [0.05, 0.1) is 6.20 Å². The predicted molar refractivity (Wildman–Crippen MR) is 137 cm³/mol. The van der Waals surface area contributed by atoms with E-state index in [1.165, 1.54) is 0 Å². The number of ether oxygens (including phenoxy) is 1. The van der Waals surface area contributed by atoms with Crippen LogP contribution in [-0.2, 0) is 9.59 Å². The van der Waals surface area contributed by atoms with Gasteiger partial charge in [-0.3, -0.25) is 5.10 Å². The second-order valence-electron chi connectivity index (χ2n) is 10.5. The molecule has 0 saturated carbocycles. The number of aromatic amines is 1. The molecule has 1 aliphatic rings. The first-order valence-electron chi connectivity index (χ1n) is 12.2. The number of carbonyl (C=O) groups is 2. The number of pyridine rings is 1. The van der Waals surface area contributed by atoms with Crippen LogP contribution in [0.25, 0.3) is 22.5 Å². The lowest BCUT2D eigenvalue weighted by molar-refractivity contribution is -0.193. The molecule has 1 saturated heterocycles. The number of aromatic nitrogens is 5. The van der Waals surface area contributed by atoms with Gasteiger partial charge in [-0.1, -0.05) is 0 Å². The predicted octanol–water partition coefficient (Wildman–Crippen LogP) is 4.59. The summed E-state index contributed by atoms with van der Waals surface area (Å²) in [4.78, 5) is 22.1. The standard InChI is InChI=1S/C21H26N6O2.2C2HF3O2/c1-20(2)8-15(9-21(3,4)27-20)29-18-6-5-16(25-26-18)19-17(28)7-13(10-22-19)14-11-23-24-12-14;2*3-2(4,5)1(6)7/h5-7,10-12,15,27-28H,8-9H2,1-4H3,(H,23,24);2*(H,6,7). The largest absolute Gasteiger partial charge is 0.506 e. The summed E-state index contributed by atoms with van der Waals surface area (Å²) in [6.07, 6.45) is -3.25. The summed E-state index contributed by atoms with van der Waals surface area (Å²) in [6, 6.07) is 5.17. The lowest BCUT2D eigenvalue weighted by Gasteiger charge is -2.46. The first kappa shape index (κ1) is 34.7. The second-order valence-corrected chi connectivity index (χ2v) is 10.5. The maximum atomic E-state index is 10.6. The average Bonchev–Trinajstić information content (AvgIpc) is 3.37. The zero-order valence-electron chi connectivity index (χ0n) is 23.1. The molecule has 3 aromatic heterocycles. The summed E-state index contributed by atoms with van der Waals surface area (Å²) in [6.45, 7) is 8.72. The normalized spacial score (nSPS) is 16.1. The Hall–Kier alpha value is -4.48. The third-order valence-corrected chi connectivity index (χ3v) is 5.51. The highest BCUT2D eigenvalue weighted by atomic mass is 19.4. The molecule has 0 aliphatic carbocycles. The first-order valence-corrected chi connectivity index (χ1v) is 12.2. The van der Waals surface area contributed by atoms with Crippen LogP contribution < -0.4 is 10.1 Å². The van der Waals surface area contributed by atoms with Crippen molar-refractivity contribution in [3.63, 3.8) is 0 Å².